The van der Waals surface area contributed by atoms with Crippen molar-refractivity contribution in [2.24, 2.45) is 0 Å². The lowest BCUT2D eigenvalue weighted by Gasteiger charge is -2.10. The Morgan fingerprint density at radius 3 is 1.95 bits per heavy atom. The first-order valence-electron chi connectivity index (χ1n) is 6.60. The van der Waals surface area contributed by atoms with Gasteiger partial charge >= 0.3 is 11.9 Å². The van der Waals surface area contributed by atoms with E-state index in [1.165, 1.54) is 32.2 Å². The van der Waals surface area contributed by atoms with Gasteiger partial charge in [0.25, 0.3) is 0 Å². The van der Waals surface area contributed by atoms with E-state index >= 15 is 0 Å². The fraction of sp³-hybridized carbons (Fsp3) is 0.400. The van der Waals surface area contributed by atoms with Crippen LogP contribution in [0.25, 0.3) is 0 Å². The first-order valence-corrected chi connectivity index (χ1v) is 6.60. The number of ether oxygens (including phenoxy) is 4. The van der Waals surface area contributed by atoms with E-state index < -0.39 is 11.9 Å². The van der Waals surface area contributed by atoms with Crippen LogP contribution in [0.1, 0.15) is 24.2 Å². The highest BCUT2D eigenvalue weighted by molar-refractivity contribution is 5.95. The van der Waals surface area contributed by atoms with Gasteiger partial charge in [0.1, 0.15) is 11.5 Å². The zero-order valence-electron chi connectivity index (χ0n) is 12.7. The Labute approximate surface area is 128 Å². The first-order chi connectivity index (χ1) is 10.5. The number of ketones is 1. The second kappa shape index (κ2) is 8.66. The maximum Gasteiger partial charge on any atom is 0.344 e. The molecule has 0 aliphatic heterocycles. The third-order valence-electron chi connectivity index (χ3n) is 2.53. The number of hydrogen-bond donors (Lipinski definition) is 0. The number of carbonyl (C=O) groups is 3. The minimum absolute atomic E-state index is 0.204. The van der Waals surface area contributed by atoms with E-state index in [0.717, 1.165) is 0 Å². The summed E-state index contributed by atoms with van der Waals surface area (Å²) in [6.07, 6.45) is 0. The van der Waals surface area contributed by atoms with Crippen molar-refractivity contribution in [3.63, 3.8) is 0 Å². The molecule has 0 spiro atoms. The van der Waals surface area contributed by atoms with Crippen LogP contribution in [0.15, 0.2) is 18.2 Å². The number of rotatable bonds is 8. The van der Waals surface area contributed by atoms with E-state index in [4.69, 9.17) is 14.2 Å². The first kappa shape index (κ1) is 17.5. The smallest absolute Gasteiger partial charge is 0.344 e. The lowest BCUT2D eigenvalue weighted by molar-refractivity contribution is -0.145. The molecule has 0 atom stereocenters. The zero-order chi connectivity index (χ0) is 16.5. The van der Waals surface area contributed by atoms with Crippen LogP contribution < -0.4 is 9.47 Å². The van der Waals surface area contributed by atoms with Gasteiger partial charge in [-0.3, -0.25) is 4.79 Å². The lowest BCUT2D eigenvalue weighted by Crippen LogP contribution is -2.15. The molecule has 0 unspecified atom stereocenters. The molecule has 7 heteroatoms. The topological polar surface area (TPSA) is 88.1 Å². The normalized spacial score (nSPS) is 9.77. The third-order valence-corrected chi connectivity index (χ3v) is 2.53. The van der Waals surface area contributed by atoms with Crippen LogP contribution >= 0.6 is 0 Å². The molecule has 0 radical (unpaired) electrons. The predicted molar refractivity (Wildman–Crippen MR) is 76.1 cm³/mol. The average molecular weight is 310 g/mol. The Balaban J connectivity index is 2.82. The van der Waals surface area contributed by atoms with Gasteiger partial charge < -0.3 is 18.9 Å². The second-order valence-corrected chi connectivity index (χ2v) is 4.21. The highest BCUT2D eigenvalue weighted by Crippen LogP contribution is 2.23. The fourth-order valence-electron chi connectivity index (χ4n) is 1.49. The number of carbonyl (C=O) groups excluding carboxylic acids is 3. The van der Waals surface area contributed by atoms with Gasteiger partial charge in [0.15, 0.2) is 19.0 Å². The Morgan fingerprint density at radius 1 is 0.955 bits per heavy atom. The number of esters is 2. The molecular weight excluding hydrogens is 292 g/mol. The van der Waals surface area contributed by atoms with Crippen molar-refractivity contribution in [3.8, 4) is 11.5 Å². The van der Waals surface area contributed by atoms with Crippen molar-refractivity contribution in [1.82, 2.24) is 0 Å². The molecule has 0 bridgehead atoms. The molecular formula is C15H18O7. The molecule has 0 fully saturated rings. The van der Waals surface area contributed by atoms with Crippen LogP contribution in [0.5, 0.6) is 11.5 Å². The minimum Gasteiger partial charge on any atom is -0.482 e. The highest BCUT2D eigenvalue weighted by Gasteiger charge is 2.10. The van der Waals surface area contributed by atoms with E-state index in [9.17, 15) is 14.4 Å². The standard InChI is InChI=1S/C15H18O7/c1-4-20-15(18)9-22-13-6-11(10(2)16)5-12(7-13)21-8-14(17)19-3/h5-7H,4,8-9H2,1-3H3. The summed E-state index contributed by atoms with van der Waals surface area (Å²) in [5.41, 5.74) is 0.334. The van der Waals surface area contributed by atoms with Crippen LogP contribution in [0, 0.1) is 0 Å². The van der Waals surface area contributed by atoms with E-state index in [1.54, 1.807) is 6.92 Å². The van der Waals surface area contributed by atoms with Gasteiger partial charge in [-0.15, -0.1) is 0 Å². The van der Waals surface area contributed by atoms with Gasteiger partial charge in [0.05, 0.1) is 13.7 Å². The average Bonchev–Trinajstić information content (AvgIpc) is 2.50. The molecule has 120 valence electrons. The molecule has 0 aliphatic carbocycles. The Morgan fingerprint density at radius 2 is 1.50 bits per heavy atom. The van der Waals surface area contributed by atoms with Gasteiger partial charge in [-0.05, 0) is 26.0 Å². The van der Waals surface area contributed by atoms with Crippen LogP contribution in [0.4, 0.5) is 0 Å². The molecule has 0 heterocycles. The summed E-state index contributed by atoms with van der Waals surface area (Å²) in [7, 11) is 1.24. The van der Waals surface area contributed by atoms with Crippen LogP contribution in [0.2, 0.25) is 0 Å². The van der Waals surface area contributed by atoms with E-state index in [1.807, 2.05) is 0 Å². The number of methoxy groups -OCH3 is 1. The van der Waals surface area contributed by atoms with E-state index in [0.29, 0.717) is 5.56 Å². The summed E-state index contributed by atoms with van der Waals surface area (Å²) in [6, 6.07) is 4.42. The summed E-state index contributed by atoms with van der Waals surface area (Å²) < 4.78 is 19.7. The van der Waals surface area contributed by atoms with Crippen molar-refractivity contribution < 1.29 is 33.3 Å². The summed E-state index contributed by atoms with van der Waals surface area (Å²) in [4.78, 5) is 33.8. The van der Waals surface area contributed by atoms with E-state index in [2.05, 4.69) is 4.74 Å². The van der Waals surface area contributed by atoms with Gasteiger partial charge in [-0.1, -0.05) is 0 Å². The molecule has 1 aromatic carbocycles. The highest BCUT2D eigenvalue weighted by atomic mass is 16.6. The fourth-order valence-corrected chi connectivity index (χ4v) is 1.49. The maximum atomic E-state index is 11.5. The zero-order valence-corrected chi connectivity index (χ0v) is 12.7. The maximum absolute atomic E-state index is 11.5. The molecule has 0 saturated heterocycles. The number of hydrogen-bond acceptors (Lipinski definition) is 7. The van der Waals surface area contributed by atoms with Crippen LogP contribution in [-0.4, -0.2) is 44.7 Å². The van der Waals surface area contributed by atoms with Gasteiger partial charge in [0.2, 0.25) is 0 Å². The Kier molecular flexibility index (Phi) is 6.88. The molecule has 0 aromatic heterocycles. The van der Waals surface area contributed by atoms with Gasteiger partial charge in [0, 0.05) is 11.6 Å². The lowest BCUT2D eigenvalue weighted by atomic mass is 10.1. The SMILES string of the molecule is CCOC(=O)COc1cc(OCC(=O)OC)cc(C(C)=O)c1. The summed E-state index contributed by atoms with van der Waals surface area (Å²) in [6.45, 7) is 2.74. The molecule has 1 aromatic rings. The Bertz CT molecular complexity index is 551. The Hall–Kier alpha value is -2.57. The van der Waals surface area contributed by atoms with E-state index in [-0.39, 0.29) is 37.1 Å². The summed E-state index contributed by atoms with van der Waals surface area (Å²) in [5, 5.41) is 0. The largest absolute Gasteiger partial charge is 0.482 e. The number of Topliss-reactive ketones (excluding diaryl/α,β-unsaturated/α-hetero) is 1. The molecule has 0 amide bonds. The third kappa shape index (κ3) is 5.82. The predicted octanol–water partition coefficient (Wildman–Crippen LogP) is 1.38. The van der Waals surface area contributed by atoms with Crippen LogP contribution in [-0.2, 0) is 19.1 Å². The summed E-state index contributed by atoms with van der Waals surface area (Å²) in [5.74, 6) is -0.753. The van der Waals surface area contributed by atoms with Crippen molar-refractivity contribution in [1.29, 1.82) is 0 Å². The van der Waals surface area contributed by atoms with Crippen molar-refractivity contribution in [2.75, 3.05) is 26.9 Å². The summed E-state index contributed by atoms with van der Waals surface area (Å²) >= 11 is 0. The molecule has 22 heavy (non-hydrogen) atoms. The van der Waals surface area contributed by atoms with Crippen molar-refractivity contribution >= 4 is 17.7 Å². The quantitative estimate of drug-likeness (QED) is 0.529. The monoisotopic (exact) mass is 310 g/mol. The van der Waals surface area contributed by atoms with Gasteiger partial charge in [-0.25, -0.2) is 9.59 Å². The van der Waals surface area contributed by atoms with Crippen molar-refractivity contribution in [2.45, 2.75) is 13.8 Å². The van der Waals surface area contributed by atoms with Crippen LogP contribution in [0.3, 0.4) is 0 Å². The van der Waals surface area contributed by atoms with Crippen molar-refractivity contribution in [3.05, 3.63) is 23.8 Å². The molecule has 0 N–H and O–H groups in total. The molecule has 0 saturated carbocycles. The minimum atomic E-state index is -0.553. The molecule has 7 nitrogen and oxygen atoms in total. The number of benzene rings is 1. The van der Waals surface area contributed by atoms with Gasteiger partial charge in [-0.2, -0.15) is 0 Å². The second-order valence-electron chi connectivity index (χ2n) is 4.21. The molecule has 0 aliphatic rings. The molecule has 1 rings (SSSR count).